The average Bonchev–Trinajstić information content (AvgIpc) is 3.98. The Hall–Kier alpha value is -6.22. The molecule has 1 aliphatic heterocycles. The van der Waals surface area contributed by atoms with Crippen molar-refractivity contribution < 1.29 is 13.3 Å². The molecular formula is C44H36F2N6O5S3. The van der Waals surface area contributed by atoms with E-state index in [1.807, 2.05) is 66.7 Å². The molecule has 60 heavy (non-hydrogen) atoms. The topological polar surface area (TPSA) is 108 Å². The number of benzene rings is 5. The van der Waals surface area contributed by atoms with E-state index in [1.54, 1.807) is 48.3 Å². The zero-order chi connectivity index (χ0) is 41.8. The Kier molecular flexibility index (Phi) is 12.1. The molecule has 0 amide bonds. The van der Waals surface area contributed by atoms with Gasteiger partial charge in [0.25, 0.3) is 22.2 Å². The number of halogens is 2. The van der Waals surface area contributed by atoms with E-state index < -0.39 is 0 Å². The van der Waals surface area contributed by atoms with E-state index in [0.29, 0.717) is 57.6 Å². The number of aromatic nitrogens is 4. The molecule has 0 spiro atoms. The molecular weight excluding hydrogens is 827 g/mol. The van der Waals surface area contributed by atoms with Gasteiger partial charge in [-0.1, -0.05) is 107 Å². The molecule has 0 aliphatic carbocycles. The number of rotatable bonds is 7. The van der Waals surface area contributed by atoms with Crippen LogP contribution in [0.3, 0.4) is 0 Å². The standard InChI is InChI=1S/C20H18F2N4O2S2.C14H11NO2.C10H7NOS/c21-15-5-1-3-13-17(15)29-25(19(13)27)11-23-7-9-24(10-8-23)12-26-20(28)14-4-2-6-16(22)18(14)30-26;16-14-12-8-4-5-9-13(12)17-15(14)10-11-6-2-1-3-7-11;1-2-7-11-10(12)8-5-3-4-6-9(8)13-11/h1-6H,7-12H2;1-9H,10H2;1,3-6H,7H2. The van der Waals surface area contributed by atoms with Crippen LogP contribution < -0.4 is 22.2 Å². The number of piperazine rings is 1. The number of fused-ring (bicyclic) bond motifs is 4. The van der Waals surface area contributed by atoms with Gasteiger partial charge in [0.2, 0.25) is 0 Å². The first-order valence-electron chi connectivity index (χ1n) is 18.8. The van der Waals surface area contributed by atoms with Gasteiger partial charge in [-0.25, -0.2) is 16.7 Å². The molecule has 0 bridgehead atoms. The highest BCUT2D eigenvalue weighted by Crippen LogP contribution is 2.22. The summed E-state index contributed by atoms with van der Waals surface area (Å²) in [6.07, 6.45) is 5.15. The second-order valence-corrected chi connectivity index (χ2v) is 17.0. The summed E-state index contributed by atoms with van der Waals surface area (Å²) in [5.74, 6) is 1.72. The van der Waals surface area contributed by atoms with Gasteiger partial charge in [-0.2, -0.15) is 4.74 Å². The Labute approximate surface area is 352 Å². The fourth-order valence-electron chi connectivity index (χ4n) is 6.81. The minimum atomic E-state index is -0.372. The zero-order valence-corrected chi connectivity index (χ0v) is 34.4. The fourth-order valence-corrected chi connectivity index (χ4v) is 9.82. The van der Waals surface area contributed by atoms with Gasteiger partial charge < -0.3 is 4.52 Å². The van der Waals surface area contributed by atoms with Crippen molar-refractivity contribution in [2.45, 2.75) is 26.4 Å². The van der Waals surface area contributed by atoms with Crippen LogP contribution in [0.1, 0.15) is 5.56 Å². The number of para-hydroxylation sites is 1. The summed E-state index contributed by atoms with van der Waals surface area (Å²) in [7, 11) is 0. The quantitative estimate of drug-likeness (QED) is 0.155. The Bertz CT molecular complexity index is 3130. The summed E-state index contributed by atoms with van der Waals surface area (Å²) in [5.41, 5.74) is 1.27. The number of hydrogen-bond acceptors (Lipinski definition) is 10. The number of terminal acetylenes is 1. The largest absolute Gasteiger partial charge is 0.375 e. The molecule has 0 radical (unpaired) electrons. The van der Waals surface area contributed by atoms with Crippen molar-refractivity contribution in [2.75, 3.05) is 26.2 Å². The van der Waals surface area contributed by atoms with Crippen LogP contribution in [0, 0.1) is 24.0 Å². The van der Waals surface area contributed by atoms with E-state index >= 15 is 0 Å². The monoisotopic (exact) mass is 862 g/mol. The maximum Gasteiger partial charge on any atom is 0.290 e. The predicted molar refractivity (Wildman–Crippen MR) is 236 cm³/mol. The smallest absolute Gasteiger partial charge is 0.290 e. The maximum atomic E-state index is 13.9. The summed E-state index contributed by atoms with van der Waals surface area (Å²) in [6.45, 7) is 4.54. The molecule has 304 valence electrons. The third kappa shape index (κ3) is 8.58. The SMILES string of the molecule is C#CCn1sc2ccccc2c1=O.O=c1c2cccc(F)c2sn1CN1CCN(Cn2sc3c(F)cccc3c2=O)CC1.O=c1c2ccccc2on1Cc1ccccc1. The summed E-state index contributed by atoms with van der Waals surface area (Å²) in [5, 5.41) is 2.20. The zero-order valence-electron chi connectivity index (χ0n) is 31.9. The molecule has 4 aromatic heterocycles. The van der Waals surface area contributed by atoms with E-state index in [1.165, 1.54) is 28.4 Å². The minimum absolute atomic E-state index is 0.0125. The third-order valence-corrected chi connectivity index (χ3v) is 13.1. The molecule has 0 N–H and O–H groups in total. The molecule has 1 aliphatic rings. The van der Waals surface area contributed by atoms with Crippen molar-refractivity contribution in [3.05, 3.63) is 174 Å². The van der Waals surface area contributed by atoms with Crippen LogP contribution in [0.4, 0.5) is 8.78 Å². The molecule has 1 saturated heterocycles. The Morgan fingerprint density at radius 3 is 1.58 bits per heavy atom. The van der Waals surface area contributed by atoms with E-state index in [0.717, 1.165) is 64.9 Å². The molecule has 11 nitrogen and oxygen atoms in total. The van der Waals surface area contributed by atoms with E-state index in [4.69, 9.17) is 10.9 Å². The summed E-state index contributed by atoms with van der Waals surface area (Å²) >= 11 is 3.71. The Balaban J connectivity index is 0.000000139. The van der Waals surface area contributed by atoms with Gasteiger partial charge in [0.1, 0.15) is 11.6 Å². The van der Waals surface area contributed by atoms with Gasteiger partial charge >= 0.3 is 0 Å². The van der Waals surface area contributed by atoms with Gasteiger partial charge in [0, 0.05) is 26.2 Å². The van der Waals surface area contributed by atoms with E-state index in [2.05, 4.69) is 15.7 Å². The first-order valence-corrected chi connectivity index (χ1v) is 21.2. The van der Waals surface area contributed by atoms with Gasteiger partial charge in [0.05, 0.1) is 62.1 Å². The van der Waals surface area contributed by atoms with Gasteiger partial charge in [-0.3, -0.25) is 32.9 Å². The normalized spacial score (nSPS) is 13.3. The average molecular weight is 863 g/mol. The lowest BCUT2D eigenvalue weighted by molar-refractivity contribution is 0.0913. The lowest BCUT2D eigenvalue weighted by Gasteiger charge is -2.34. The second-order valence-electron chi connectivity index (χ2n) is 13.8. The summed E-state index contributed by atoms with van der Waals surface area (Å²) in [6, 6.07) is 33.7. The van der Waals surface area contributed by atoms with Crippen molar-refractivity contribution in [3.8, 4) is 12.3 Å². The predicted octanol–water partition coefficient (Wildman–Crippen LogP) is 7.29. The second kappa shape index (κ2) is 18.0. The van der Waals surface area contributed by atoms with Crippen LogP contribution in [0.5, 0.6) is 0 Å². The van der Waals surface area contributed by atoms with Gasteiger partial charge in [-0.05, 0) is 54.1 Å². The van der Waals surface area contributed by atoms with E-state index in [-0.39, 0.29) is 33.9 Å². The first-order chi connectivity index (χ1) is 29.2. The van der Waals surface area contributed by atoms with Crippen molar-refractivity contribution >= 4 is 75.8 Å². The van der Waals surface area contributed by atoms with Crippen LogP contribution in [0.25, 0.3) is 41.2 Å². The maximum absolute atomic E-state index is 13.9. The molecule has 0 atom stereocenters. The Morgan fingerprint density at radius 2 is 1.05 bits per heavy atom. The minimum Gasteiger partial charge on any atom is -0.375 e. The van der Waals surface area contributed by atoms with Crippen LogP contribution >= 0.6 is 34.6 Å². The van der Waals surface area contributed by atoms with Crippen molar-refractivity contribution in [3.63, 3.8) is 0 Å². The Morgan fingerprint density at radius 1 is 0.550 bits per heavy atom. The summed E-state index contributed by atoms with van der Waals surface area (Å²) in [4.78, 5) is 52.9. The lowest BCUT2D eigenvalue weighted by atomic mass is 10.2. The molecule has 1 fully saturated rings. The van der Waals surface area contributed by atoms with Crippen molar-refractivity contribution in [2.24, 2.45) is 0 Å². The van der Waals surface area contributed by atoms with Crippen LogP contribution in [0.15, 0.2) is 139 Å². The van der Waals surface area contributed by atoms with Crippen LogP contribution in [0.2, 0.25) is 0 Å². The fraction of sp³-hybridized carbons (Fsp3) is 0.182. The molecule has 16 heteroatoms. The third-order valence-electron chi connectivity index (χ3n) is 9.88. The highest BCUT2D eigenvalue weighted by atomic mass is 32.1. The molecule has 5 heterocycles. The van der Waals surface area contributed by atoms with Crippen LogP contribution in [-0.2, 0) is 26.4 Å². The summed E-state index contributed by atoms with van der Waals surface area (Å²) < 4.78 is 41.3. The number of nitrogens with zero attached hydrogens (tertiary/aromatic N) is 6. The van der Waals surface area contributed by atoms with Gasteiger partial charge in [-0.15, -0.1) is 6.42 Å². The number of hydrogen-bond donors (Lipinski definition) is 0. The molecule has 0 unspecified atom stereocenters. The molecule has 10 rings (SSSR count). The highest BCUT2D eigenvalue weighted by Gasteiger charge is 2.21. The molecule has 9 aromatic rings. The van der Waals surface area contributed by atoms with E-state index in [9.17, 15) is 28.0 Å². The van der Waals surface area contributed by atoms with Crippen molar-refractivity contribution in [1.82, 2.24) is 26.4 Å². The first kappa shape index (κ1) is 40.6. The van der Waals surface area contributed by atoms with Crippen molar-refractivity contribution in [1.29, 1.82) is 0 Å². The highest BCUT2D eigenvalue weighted by molar-refractivity contribution is 7.14. The van der Waals surface area contributed by atoms with Crippen LogP contribution in [-0.4, -0.2) is 52.6 Å². The lowest BCUT2D eigenvalue weighted by Crippen LogP contribution is -2.48. The molecule has 0 saturated carbocycles. The molecule has 5 aromatic carbocycles. The van der Waals surface area contributed by atoms with Gasteiger partial charge in [0.15, 0.2) is 5.58 Å².